The lowest BCUT2D eigenvalue weighted by molar-refractivity contribution is -0.157. The van der Waals surface area contributed by atoms with Gasteiger partial charge >= 0.3 is 11.8 Å². The summed E-state index contributed by atoms with van der Waals surface area (Å²) >= 11 is 1.62. The van der Waals surface area contributed by atoms with Gasteiger partial charge in [0.05, 0.1) is 11.4 Å². The van der Waals surface area contributed by atoms with Crippen LogP contribution >= 0.6 is 11.3 Å². The third-order valence-electron chi connectivity index (χ3n) is 6.35. The molecule has 0 bridgehead atoms. The van der Waals surface area contributed by atoms with Gasteiger partial charge in [-0.2, -0.15) is 0 Å². The first kappa shape index (κ1) is 22.0. The van der Waals surface area contributed by atoms with Gasteiger partial charge in [-0.15, -0.1) is 11.3 Å². The molecule has 7 nitrogen and oxygen atoms in total. The first-order chi connectivity index (χ1) is 16.5. The molecule has 1 N–H and O–H groups in total. The Morgan fingerprint density at radius 2 is 1.94 bits per heavy atom. The summed E-state index contributed by atoms with van der Waals surface area (Å²) in [6, 6.07) is 16.9. The van der Waals surface area contributed by atoms with Crippen molar-refractivity contribution < 1.29 is 14.4 Å². The number of piperazine rings is 1. The standard InChI is InChI=1S/C26H24N4O3S/c1-27-21-11-10-19(23-5-3-13-34-23)14-22(21)28-24(31)18-8-6-17(7-9-18)15-29-16-20-4-2-12-30(20)26(33)25(29)32/h3,5-11,13-14,20H,1-2,4,12,15-16H2,(H,28,31). The molecule has 0 aliphatic carbocycles. The maximum atomic E-state index is 12.9. The molecule has 8 heteroatoms. The van der Waals surface area contributed by atoms with Crippen LogP contribution in [0.25, 0.3) is 10.4 Å². The van der Waals surface area contributed by atoms with E-state index in [1.165, 1.54) is 0 Å². The fraction of sp³-hybridized carbons (Fsp3) is 0.231. The van der Waals surface area contributed by atoms with E-state index in [2.05, 4.69) is 17.0 Å². The normalized spacial score (nSPS) is 17.6. The van der Waals surface area contributed by atoms with Gasteiger partial charge in [0.1, 0.15) is 0 Å². The number of thiophene rings is 1. The average molecular weight is 473 g/mol. The maximum absolute atomic E-state index is 12.9. The SMILES string of the molecule is C=Nc1ccc(-c2cccs2)cc1NC(=O)c1ccc(CN2CC3CCCN3C(=O)C2=O)cc1. The number of fused-ring (bicyclic) bond motifs is 1. The Morgan fingerprint density at radius 1 is 1.12 bits per heavy atom. The molecule has 5 rings (SSSR count). The quantitative estimate of drug-likeness (QED) is 0.428. The first-order valence-electron chi connectivity index (χ1n) is 11.2. The molecule has 2 aromatic carbocycles. The third-order valence-corrected chi connectivity index (χ3v) is 7.27. The van der Waals surface area contributed by atoms with E-state index in [0.29, 0.717) is 36.6 Å². The van der Waals surface area contributed by atoms with Crippen LogP contribution in [0.5, 0.6) is 0 Å². The van der Waals surface area contributed by atoms with Crippen LogP contribution in [-0.4, -0.2) is 53.4 Å². The van der Waals surface area contributed by atoms with Gasteiger partial charge in [-0.3, -0.25) is 19.4 Å². The lowest BCUT2D eigenvalue weighted by Crippen LogP contribution is -2.56. The molecule has 0 spiro atoms. The van der Waals surface area contributed by atoms with Crippen LogP contribution in [0.4, 0.5) is 11.4 Å². The van der Waals surface area contributed by atoms with Gasteiger partial charge < -0.3 is 15.1 Å². The largest absolute Gasteiger partial charge is 0.330 e. The van der Waals surface area contributed by atoms with Crippen molar-refractivity contribution in [2.45, 2.75) is 25.4 Å². The summed E-state index contributed by atoms with van der Waals surface area (Å²) in [5, 5.41) is 4.94. The molecule has 1 aromatic heterocycles. The van der Waals surface area contributed by atoms with Gasteiger partial charge in [-0.05, 0) is 66.4 Å². The minimum atomic E-state index is -0.449. The molecule has 2 saturated heterocycles. The van der Waals surface area contributed by atoms with E-state index in [0.717, 1.165) is 28.8 Å². The zero-order valence-electron chi connectivity index (χ0n) is 18.6. The van der Waals surface area contributed by atoms with Gasteiger partial charge in [-0.25, -0.2) is 0 Å². The zero-order chi connectivity index (χ0) is 23.7. The Kier molecular flexibility index (Phi) is 5.98. The number of anilines is 1. The van der Waals surface area contributed by atoms with Crippen molar-refractivity contribution >= 4 is 47.2 Å². The summed E-state index contributed by atoms with van der Waals surface area (Å²) in [6.07, 6.45) is 1.88. The van der Waals surface area contributed by atoms with Gasteiger partial charge in [0.15, 0.2) is 0 Å². The zero-order valence-corrected chi connectivity index (χ0v) is 19.4. The fourth-order valence-electron chi connectivity index (χ4n) is 4.57. The number of rotatable bonds is 6. The Labute approximate surface area is 201 Å². The van der Waals surface area contributed by atoms with E-state index in [9.17, 15) is 14.4 Å². The predicted molar refractivity (Wildman–Crippen MR) is 134 cm³/mol. The molecule has 1 atom stereocenters. The average Bonchev–Trinajstić information content (AvgIpc) is 3.55. The van der Waals surface area contributed by atoms with E-state index in [-0.39, 0.29) is 11.9 Å². The molecule has 3 aromatic rings. The van der Waals surface area contributed by atoms with Crippen molar-refractivity contribution in [1.29, 1.82) is 0 Å². The van der Waals surface area contributed by atoms with E-state index in [1.807, 2.05) is 47.8 Å². The van der Waals surface area contributed by atoms with Crippen molar-refractivity contribution in [2.75, 3.05) is 18.4 Å². The highest BCUT2D eigenvalue weighted by molar-refractivity contribution is 7.13. The van der Waals surface area contributed by atoms with Crippen LogP contribution in [0.3, 0.4) is 0 Å². The number of benzene rings is 2. The molecule has 0 radical (unpaired) electrons. The smallest absolute Gasteiger partial charge is 0.312 e. The van der Waals surface area contributed by atoms with Crippen molar-refractivity contribution in [3.8, 4) is 10.4 Å². The van der Waals surface area contributed by atoms with Crippen LogP contribution in [-0.2, 0) is 16.1 Å². The van der Waals surface area contributed by atoms with Crippen LogP contribution in [0.1, 0.15) is 28.8 Å². The number of nitrogens with one attached hydrogen (secondary N) is 1. The van der Waals surface area contributed by atoms with Crippen LogP contribution in [0.2, 0.25) is 0 Å². The highest BCUT2D eigenvalue weighted by Gasteiger charge is 2.41. The number of carbonyl (C=O) groups is 3. The third kappa shape index (κ3) is 4.24. The van der Waals surface area contributed by atoms with E-state index in [1.54, 1.807) is 33.3 Å². The summed E-state index contributed by atoms with van der Waals surface area (Å²) in [6.45, 7) is 5.19. The van der Waals surface area contributed by atoms with Crippen LogP contribution in [0, 0.1) is 0 Å². The summed E-state index contributed by atoms with van der Waals surface area (Å²) in [7, 11) is 0. The van der Waals surface area contributed by atoms with Crippen LogP contribution in [0.15, 0.2) is 65.0 Å². The molecule has 3 amide bonds. The van der Waals surface area contributed by atoms with E-state index >= 15 is 0 Å². The Morgan fingerprint density at radius 3 is 2.68 bits per heavy atom. The minimum absolute atomic E-state index is 0.118. The van der Waals surface area contributed by atoms with Crippen molar-refractivity contribution in [3.05, 3.63) is 71.1 Å². The lowest BCUT2D eigenvalue weighted by Gasteiger charge is -2.36. The van der Waals surface area contributed by atoms with E-state index in [4.69, 9.17) is 0 Å². The van der Waals surface area contributed by atoms with Crippen LogP contribution < -0.4 is 5.32 Å². The number of aliphatic imine (C=N–C) groups is 1. The van der Waals surface area contributed by atoms with Gasteiger partial charge in [0.25, 0.3) is 5.91 Å². The summed E-state index contributed by atoms with van der Waals surface area (Å²) < 4.78 is 0. The molecule has 1 unspecified atom stereocenters. The maximum Gasteiger partial charge on any atom is 0.312 e. The molecule has 34 heavy (non-hydrogen) atoms. The molecular weight excluding hydrogens is 448 g/mol. The highest BCUT2D eigenvalue weighted by atomic mass is 32.1. The van der Waals surface area contributed by atoms with Crippen molar-refractivity contribution in [2.24, 2.45) is 4.99 Å². The Balaban J connectivity index is 1.28. The predicted octanol–water partition coefficient (Wildman–Crippen LogP) is 4.33. The van der Waals surface area contributed by atoms with E-state index < -0.39 is 11.8 Å². The molecule has 2 aliphatic heterocycles. The number of carbonyl (C=O) groups excluding carboxylic acids is 3. The fourth-order valence-corrected chi connectivity index (χ4v) is 5.30. The Bertz CT molecular complexity index is 1250. The van der Waals surface area contributed by atoms with Gasteiger partial charge in [0, 0.05) is 36.1 Å². The molecule has 2 fully saturated rings. The topological polar surface area (TPSA) is 82.1 Å². The summed E-state index contributed by atoms with van der Waals surface area (Å²) in [5.41, 5.74) is 3.54. The number of nitrogens with zero attached hydrogens (tertiary/aromatic N) is 3. The minimum Gasteiger partial charge on any atom is -0.330 e. The monoisotopic (exact) mass is 472 g/mol. The number of hydrogen-bond acceptors (Lipinski definition) is 5. The molecule has 3 heterocycles. The molecule has 172 valence electrons. The highest BCUT2D eigenvalue weighted by Crippen LogP contribution is 2.33. The molecular formula is C26H24N4O3S. The summed E-state index contributed by atoms with van der Waals surface area (Å²) in [4.78, 5) is 46.2. The number of amides is 3. The summed E-state index contributed by atoms with van der Waals surface area (Å²) in [5.74, 6) is -1.11. The second-order valence-corrected chi connectivity index (χ2v) is 9.45. The number of hydrogen-bond donors (Lipinski definition) is 1. The van der Waals surface area contributed by atoms with Crippen molar-refractivity contribution in [3.63, 3.8) is 0 Å². The lowest BCUT2D eigenvalue weighted by atomic mass is 10.1. The Hall–Kier alpha value is -3.78. The van der Waals surface area contributed by atoms with Crippen molar-refractivity contribution in [1.82, 2.24) is 9.80 Å². The molecule has 0 saturated carbocycles. The first-order valence-corrected chi connectivity index (χ1v) is 12.1. The second-order valence-electron chi connectivity index (χ2n) is 8.50. The second kappa shape index (κ2) is 9.23. The van der Waals surface area contributed by atoms with Gasteiger partial charge in [0.2, 0.25) is 0 Å². The molecule has 2 aliphatic rings. The van der Waals surface area contributed by atoms with Gasteiger partial charge in [-0.1, -0.05) is 24.3 Å².